The predicted octanol–water partition coefficient (Wildman–Crippen LogP) is 4.20. The summed E-state index contributed by atoms with van der Waals surface area (Å²) in [6.07, 6.45) is 7.59. The van der Waals surface area contributed by atoms with E-state index in [1.165, 1.54) is 38.5 Å². The van der Waals surface area contributed by atoms with Crippen LogP contribution in [0, 0.1) is 0 Å². The Hall–Kier alpha value is 1.42. The molecule has 0 aliphatic carbocycles. The molecule has 16 heavy (non-hydrogen) atoms. The molecular formula is C12H25IMgO2. The van der Waals surface area contributed by atoms with Gasteiger partial charge in [0.25, 0.3) is 0 Å². The van der Waals surface area contributed by atoms with Crippen LogP contribution in [0.1, 0.15) is 52.4 Å². The van der Waals surface area contributed by atoms with Crippen LogP contribution in [-0.4, -0.2) is 36.5 Å². The highest BCUT2D eigenvalue weighted by Crippen LogP contribution is 2.12. The zero-order valence-electron chi connectivity index (χ0n) is 10.8. The molecule has 0 aromatic rings. The molecule has 0 rings (SSSR count). The largest absolute Gasteiger partial charge is 0.466 e. The first-order valence-corrected chi connectivity index (χ1v) is 12.5. The van der Waals surface area contributed by atoms with Gasteiger partial charge >= 0.3 is 16.5 Å². The first kappa shape index (κ1) is 17.4. The number of hydrogen-bond donors (Lipinski definition) is 0. The van der Waals surface area contributed by atoms with Gasteiger partial charge < -0.3 is 28.3 Å². The van der Waals surface area contributed by atoms with Crippen molar-refractivity contribution in [1.82, 2.24) is 0 Å². The van der Waals surface area contributed by atoms with E-state index in [-0.39, 0.29) is 16.5 Å². The normalized spacial score (nSPS) is 12.4. The molecule has 0 radical (unpaired) electrons. The van der Waals surface area contributed by atoms with Crippen LogP contribution in [0.2, 0.25) is 4.05 Å². The number of ether oxygens (including phenoxy) is 2. The molecule has 0 bridgehead atoms. The first-order valence-electron chi connectivity index (χ1n) is 6.52. The second-order valence-corrected chi connectivity index (χ2v) is 8.74. The van der Waals surface area contributed by atoms with Gasteiger partial charge in [0, 0.05) is 13.2 Å². The van der Waals surface area contributed by atoms with Gasteiger partial charge in [0.15, 0.2) is 0 Å². The van der Waals surface area contributed by atoms with Gasteiger partial charge in [0.05, 0.1) is 0 Å². The molecule has 0 N–H and O–H groups in total. The second kappa shape index (κ2) is 14.5. The Kier molecular flexibility index (Phi) is 15.8. The van der Waals surface area contributed by atoms with E-state index in [0.29, 0.717) is 6.79 Å². The maximum atomic E-state index is 5.43. The van der Waals surface area contributed by atoms with E-state index < -0.39 is 0 Å². The minimum atomic E-state index is 0.166. The van der Waals surface area contributed by atoms with Crippen molar-refractivity contribution in [3.05, 3.63) is 0 Å². The summed E-state index contributed by atoms with van der Waals surface area (Å²) in [7, 11) is 0. The highest BCUT2D eigenvalue weighted by molar-refractivity contribution is 14.1. The molecule has 0 fully saturated rings. The average Bonchev–Trinajstić information content (AvgIpc) is 2.31. The van der Waals surface area contributed by atoms with E-state index >= 15 is 0 Å². The molecule has 2 nitrogen and oxygen atoms in total. The third-order valence-electron chi connectivity index (χ3n) is 2.56. The van der Waals surface area contributed by atoms with Gasteiger partial charge in [0.1, 0.15) is 6.79 Å². The fourth-order valence-corrected chi connectivity index (χ4v) is 3.18. The first-order chi connectivity index (χ1) is 7.81. The van der Waals surface area contributed by atoms with Crippen molar-refractivity contribution in [3.8, 4) is 0 Å². The van der Waals surface area contributed by atoms with Crippen molar-refractivity contribution in [1.29, 1.82) is 0 Å². The minimum Gasteiger partial charge on any atom is -0.355 e. The van der Waals surface area contributed by atoms with E-state index in [2.05, 4.69) is 32.7 Å². The fraction of sp³-hybridized carbons (Fsp3) is 1.00. The van der Waals surface area contributed by atoms with Crippen molar-refractivity contribution in [2.45, 2.75) is 56.4 Å². The van der Waals surface area contributed by atoms with Crippen LogP contribution in [0.3, 0.4) is 0 Å². The lowest BCUT2D eigenvalue weighted by Gasteiger charge is -2.08. The Balaban J connectivity index is 2.93. The molecule has 0 aromatic carbocycles. The van der Waals surface area contributed by atoms with Gasteiger partial charge in [0.2, 0.25) is 0 Å². The van der Waals surface area contributed by atoms with Crippen molar-refractivity contribution < 1.29 is 9.47 Å². The van der Waals surface area contributed by atoms with Gasteiger partial charge in [-0.2, -0.15) is 0 Å². The molecule has 0 aromatic heterocycles. The summed E-state index contributed by atoms with van der Waals surface area (Å²) in [6, 6.07) is 0. The summed E-state index contributed by atoms with van der Waals surface area (Å²) in [4.78, 5) is 0. The molecule has 0 aliphatic rings. The molecule has 0 aliphatic heterocycles. The Morgan fingerprint density at radius 1 is 1.06 bits per heavy atom. The monoisotopic (exact) mass is 352 g/mol. The topological polar surface area (TPSA) is 18.5 Å². The Morgan fingerprint density at radius 2 is 1.75 bits per heavy atom. The molecule has 0 saturated heterocycles. The molecular weight excluding hydrogens is 327 g/mol. The van der Waals surface area contributed by atoms with Crippen LogP contribution >= 0.6 is 18.9 Å². The van der Waals surface area contributed by atoms with Gasteiger partial charge in [-0.05, 0) is 12.8 Å². The number of halogens is 1. The van der Waals surface area contributed by atoms with Gasteiger partial charge in [-0.1, -0.05) is 39.5 Å². The summed E-state index contributed by atoms with van der Waals surface area (Å²) < 4.78 is 11.8. The van der Waals surface area contributed by atoms with E-state index in [0.717, 1.165) is 17.3 Å². The lowest BCUT2D eigenvalue weighted by Crippen LogP contribution is -2.04. The highest BCUT2D eigenvalue weighted by Gasteiger charge is 2.02. The zero-order chi connectivity index (χ0) is 12.1. The summed E-state index contributed by atoms with van der Waals surface area (Å²) in [5.74, 6) is 0. The molecule has 0 amide bonds. The number of unbranched alkanes of at least 4 members (excludes halogenated alkanes) is 3. The van der Waals surface area contributed by atoms with Gasteiger partial charge in [-0.25, -0.2) is 0 Å². The number of rotatable bonds is 12. The van der Waals surface area contributed by atoms with Crippen molar-refractivity contribution in [2.24, 2.45) is 0 Å². The molecule has 4 heteroatoms. The van der Waals surface area contributed by atoms with Crippen LogP contribution < -0.4 is 0 Å². The Bertz CT molecular complexity index is 136. The quantitative estimate of drug-likeness (QED) is 0.227. The van der Waals surface area contributed by atoms with Gasteiger partial charge in [-0.3, -0.25) is 0 Å². The third kappa shape index (κ3) is 13.5. The fourth-order valence-electron chi connectivity index (χ4n) is 1.42. The van der Waals surface area contributed by atoms with E-state index in [4.69, 9.17) is 9.47 Å². The predicted molar refractivity (Wildman–Crippen MR) is 79.3 cm³/mol. The smallest absolute Gasteiger partial charge is 0.355 e. The van der Waals surface area contributed by atoms with E-state index in [1.807, 2.05) is 0 Å². The maximum Gasteiger partial charge on any atom is 0.466 e. The van der Waals surface area contributed by atoms with E-state index in [1.54, 1.807) is 0 Å². The number of hydrogen-bond acceptors (Lipinski definition) is 2. The van der Waals surface area contributed by atoms with Crippen LogP contribution in [0.4, 0.5) is 0 Å². The standard InChI is InChI=1S/C12H25O2.HI.Mg/c1-3-5-7-9-11-14-12-13-10-8-6-4-2;;/h4H,3,5-12H2,1-2H3;1H;/q;;+1/p-1. The van der Waals surface area contributed by atoms with Crippen LogP contribution in [0.5, 0.6) is 0 Å². The lowest BCUT2D eigenvalue weighted by molar-refractivity contribution is -0.0555. The SMILES string of the molecule is CCCCCCOCOCCC[CH](C)[Mg][I]. The Labute approximate surface area is 120 Å². The second-order valence-electron chi connectivity index (χ2n) is 4.40. The summed E-state index contributed by atoms with van der Waals surface area (Å²) >= 11 is 2.74. The molecule has 0 spiro atoms. The van der Waals surface area contributed by atoms with Crippen LogP contribution in [0.25, 0.3) is 0 Å². The molecule has 1 unspecified atom stereocenters. The van der Waals surface area contributed by atoms with Crippen LogP contribution in [-0.2, 0) is 9.47 Å². The van der Waals surface area contributed by atoms with Gasteiger partial charge in [-0.15, -0.1) is 4.05 Å². The molecule has 0 saturated carbocycles. The third-order valence-corrected chi connectivity index (χ3v) is 8.00. The molecule has 1 atom stereocenters. The van der Waals surface area contributed by atoms with E-state index in [9.17, 15) is 0 Å². The van der Waals surface area contributed by atoms with Crippen molar-refractivity contribution >= 4 is 35.3 Å². The summed E-state index contributed by atoms with van der Waals surface area (Å²) in [5, 5.41) is 0. The van der Waals surface area contributed by atoms with Crippen molar-refractivity contribution in [2.75, 3.05) is 20.0 Å². The maximum absolute atomic E-state index is 5.43. The zero-order valence-corrected chi connectivity index (χ0v) is 14.4. The lowest BCUT2D eigenvalue weighted by atomic mass is 10.2. The minimum absolute atomic E-state index is 0.166. The molecule has 94 valence electrons. The average molecular weight is 353 g/mol. The van der Waals surface area contributed by atoms with Crippen molar-refractivity contribution in [3.63, 3.8) is 0 Å². The summed E-state index contributed by atoms with van der Waals surface area (Å²) in [6.45, 7) is 6.79. The molecule has 0 heterocycles. The van der Waals surface area contributed by atoms with Crippen LogP contribution in [0.15, 0.2) is 0 Å². The highest BCUT2D eigenvalue weighted by atomic mass is 127. The Morgan fingerprint density at radius 3 is 2.38 bits per heavy atom. The summed E-state index contributed by atoms with van der Waals surface area (Å²) in [5.41, 5.74) is 0.